The first-order valence-corrected chi connectivity index (χ1v) is 9.46. The molecule has 1 spiro atoms. The second-order valence-electron chi connectivity index (χ2n) is 6.56. The van der Waals surface area contributed by atoms with Crippen LogP contribution in [-0.4, -0.2) is 51.6 Å². The largest absolute Gasteiger partial charge is 0.362 e. The Morgan fingerprint density at radius 2 is 2.11 bits per heavy atom. The number of benzene rings is 1. The van der Waals surface area contributed by atoms with Crippen LogP contribution in [0.4, 0.5) is 10.8 Å². The molecule has 1 aromatic heterocycles. The summed E-state index contributed by atoms with van der Waals surface area (Å²) in [6.45, 7) is 0.302. The molecule has 0 saturated carbocycles. The van der Waals surface area contributed by atoms with Gasteiger partial charge in [0, 0.05) is 25.1 Å². The van der Waals surface area contributed by atoms with Crippen molar-refractivity contribution in [2.24, 2.45) is 0 Å². The Kier molecular flexibility index (Phi) is 4.48. The van der Waals surface area contributed by atoms with E-state index in [9.17, 15) is 14.4 Å². The lowest BCUT2D eigenvalue weighted by Crippen LogP contribution is -2.58. The molecule has 0 aliphatic carbocycles. The van der Waals surface area contributed by atoms with Crippen molar-refractivity contribution >= 4 is 39.9 Å². The fourth-order valence-corrected chi connectivity index (χ4v) is 3.86. The quantitative estimate of drug-likeness (QED) is 0.726. The van der Waals surface area contributed by atoms with Crippen molar-refractivity contribution in [2.75, 3.05) is 23.7 Å². The van der Waals surface area contributed by atoms with Crippen molar-refractivity contribution in [3.8, 4) is 0 Å². The third kappa shape index (κ3) is 3.61. The van der Waals surface area contributed by atoms with Gasteiger partial charge in [-0.1, -0.05) is 23.5 Å². The Morgan fingerprint density at radius 1 is 1.26 bits per heavy atom. The number of amides is 3. The molecule has 4 rings (SSSR count). The van der Waals surface area contributed by atoms with Gasteiger partial charge in [-0.2, -0.15) is 0 Å². The first kappa shape index (κ1) is 17.4. The van der Waals surface area contributed by atoms with E-state index in [4.69, 9.17) is 0 Å². The molecule has 2 aliphatic rings. The highest BCUT2D eigenvalue weighted by molar-refractivity contribution is 7.13. The summed E-state index contributed by atoms with van der Waals surface area (Å²) in [5, 5.41) is 16.8. The number of aromatic nitrogens is 2. The number of likely N-dealkylation sites (tertiary alicyclic amines) is 1. The van der Waals surface area contributed by atoms with Crippen LogP contribution in [0, 0.1) is 0 Å². The molecule has 3 heterocycles. The van der Waals surface area contributed by atoms with Gasteiger partial charge in [0.2, 0.25) is 16.9 Å². The standard InChI is InChI=1S/C17H18N6O3S/c24-13(19-16-22-18-10-27-16)9-23-8-7-17(6-5-14(23)25)20-12-4-2-1-3-11(12)15(26)21-17/h1-4,10,20H,5-9H2,(H,21,26)(H,19,22,24)/t17-/m1/s1. The molecule has 140 valence electrons. The number of carbonyl (C=O) groups excluding carboxylic acids is 3. The monoisotopic (exact) mass is 386 g/mol. The molecule has 1 saturated heterocycles. The Labute approximate surface area is 159 Å². The van der Waals surface area contributed by atoms with E-state index >= 15 is 0 Å². The molecule has 0 radical (unpaired) electrons. The molecule has 3 N–H and O–H groups in total. The number of para-hydroxylation sites is 1. The van der Waals surface area contributed by atoms with Crippen molar-refractivity contribution < 1.29 is 14.4 Å². The molecule has 2 aromatic rings. The van der Waals surface area contributed by atoms with Crippen molar-refractivity contribution in [1.82, 2.24) is 20.4 Å². The van der Waals surface area contributed by atoms with Gasteiger partial charge in [0.1, 0.15) is 11.2 Å². The fourth-order valence-electron chi connectivity index (χ4n) is 3.39. The Hall–Kier alpha value is -3.01. The van der Waals surface area contributed by atoms with Crippen LogP contribution in [0.15, 0.2) is 29.8 Å². The minimum absolute atomic E-state index is 0.0565. The van der Waals surface area contributed by atoms with E-state index in [2.05, 4.69) is 26.1 Å². The lowest BCUT2D eigenvalue weighted by atomic mass is 9.95. The summed E-state index contributed by atoms with van der Waals surface area (Å²) in [6.07, 6.45) is 1.20. The van der Waals surface area contributed by atoms with Crippen molar-refractivity contribution in [3.63, 3.8) is 0 Å². The minimum Gasteiger partial charge on any atom is -0.362 e. The van der Waals surface area contributed by atoms with Crippen LogP contribution >= 0.6 is 11.3 Å². The maximum absolute atomic E-state index is 12.5. The number of nitrogens with zero attached hydrogens (tertiary/aromatic N) is 3. The van der Waals surface area contributed by atoms with Gasteiger partial charge in [0.15, 0.2) is 0 Å². The van der Waals surface area contributed by atoms with E-state index in [1.165, 1.54) is 21.7 Å². The molecule has 0 unspecified atom stereocenters. The molecule has 1 fully saturated rings. The van der Waals surface area contributed by atoms with Gasteiger partial charge >= 0.3 is 0 Å². The number of hydrogen-bond donors (Lipinski definition) is 3. The zero-order chi connectivity index (χ0) is 18.9. The predicted molar refractivity (Wildman–Crippen MR) is 99.2 cm³/mol. The summed E-state index contributed by atoms with van der Waals surface area (Å²) >= 11 is 1.21. The molecule has 3 amide bonds. The molecule has 0 bridgehead atoms. The molecule has 10 heteroatoms. The number of anilines is 2. The SMILES string of the molecule is O=C(CN1CC[C@@]2(CCC1=O)NC(=O)c1ccccc1N2)Nc1nncs1. The second-order valence-corrected chi connectivity index (χ2v) is 7.40. The van der Waals surface area contributed by atoms with Gasteiger partial charge in [0.25, 0.3) is 5.91 Å². The van der Waals surface area contributed by atoms with E-state index in [0.29, 0.717) is 30.1 Å². The molecule has 2 aliphatic heterocycles. The first-order chi connectivity index (χ1) is 13.0. The number of nitrogens with one attached hydrogen (secondary N) is 3. The third-order valence-corrected chi connectivity index (χ3v) is 5.37. The van der Waals surface area contributed by atoms with Crippen LogP contribution in [0.25, 0.3) is 0 Å². The van der Waals surface area contributed by atoms with E-state index in [1.54, 1.807) is 6.07 Å². The molecular weight excluding hydrogens is 368 g/mol. The van der Waals surface area contributed by atoms with Crippen LogP contribution in [0.2, 0.25) is 0 Å². The molecule has 9 nitrogen and oxygen atoms in total. The smallest absolute Gasteiger partial charge is 0.255 e. The topological polar surface area (TPSA) is 116 Å². The molecule has 1 aromatic carbocycles. The lowest BCUT2D eigenvalue weighted by molar-refractivity contribution is -0.134. The number of fused-ring (bicyclic) bond motifs is 1. The Morgan fingerprint density at radius 3 is 2.93 bits per heavy atom. The van der Waals surface area contributed by atoms with Gasteiger partial charge in [-0.3, -0.25) is 19.7 Å². The van der Waals surface area contributed by atoms with Crippen LogP contribution < -0.4 is 16.0 Å². The van der Waals surface area contributed by atoms with E-state index in [0.717, 1.165) is 5.69 Å². The summed E-state index contributed by atoms with van der Waals surface area (Å²) in [5.74, 6) is -0.588. The van der Waals surface area contributed by atoms with Crippen molar-refractivity contribution in [3.05, 3.63) is 35.3 Å². The zero-order valence-corrected chi connectivity index (χ0v) is 15.2. The van der Waals surface area contributed by atoms with E-state index in [-0.39, 0.29) is 30.7 Å². The highest BCUT2D eigenvalue weighted by atomic mass is 32.1. The van der Waals surface area contributed by atoms with Gasteiger partial charge < -0.3 is 15.5 Å². The number of rotatable bonds is 3. The highest BCUT2D eigenvalue weighted by Gasteiger charge is 2.40. The molecular formula is C17H18N6O3S. The second kappa shape index (κ2) is 6.95. The van der Waals surface area contributed by atoms with Gasteiger partial charge in [-0.05, 0) is 18.6 Å². The minimum atomic E-state index is -0.689. The third-order valence-electron chi connectivity index (χ3n) is 4.77. The summed E-state index contributed by atoms with van der Waals surface area (Å²) in [4.78, 5) is 38.6. The zero-order valence-electron chi connectivity index (χ0n) is 14.4. The van der Waals surface area contributed by atoms with Crippen LogP contribution in [-0.2, 0) is 9.59 Å². The van der Waals surface area contributed by atoms with E-state index in [1.807, 2.05) is 18.2 Å². The van der Waals surface area contributed by atoms with E-state index < -0.39 is 5.66 Å². The fraction of sp³-hybridized carbons (Fsp3) is 0.353. The maximum atomic E-state index is 12.5. The number of carbonyl (C=O) groups is 3. The van der Waals surface area contributed by atoms with Crippen molar-refractivity contribution in [1.29, 1.82) is 0 Å². The summed E-state index contributed by atoms with van der Waals surface area (Å²) in [5.41, 5.74) is 2.18. The van der Waals surface area contributed by atoms with Gasteiger partial charge in [-0.25, -0.2) is 0 Å². The highest BCUT2D eigenvalue weighted by Crippen LogP contribution is 2.31. The normalized spacial score (nSPS) is 21.9. The van der Waals surface area contributed by atoms with Gasteiger partial charge in [0.05, 0.1) is 12.1 Å². The van der Waals surface area contributed by atoms with Crippen LogP contribution in [0.1, 0.15) is 29.6 Å². The van der Waals surface area contributed by atoms with Crippen molar-refractivity contribution in [2.45, 2.75) is 24.9 Å². The summed E-state index contributed by atoms with van der Waals surface area (Å²) in [6, 6.07) is 7.30. The Bertz CT molecular complexity index is 887. The average Bonchev–Trinajstić information content (AvgIpc) is 3.11. The molecule has 27 heavy (non-hydrogen) atoms. The Balaban J connectivity index is 1.44. The summed E-state index contributed by atoms with van der Waals surface area (Å²) < 4.78 is 0. The van der Waals surface area contributed by atoms with Gasteiger partial charge in [-0.15, -0.1) is 10.2 Å². The number of hydrogen-bond acceptors (Lipinski definition) is 7. The first-order valence-electron chi connectivity index (χ1n) is 8.58. The molecule has 1 atom stereocenters. The lowest BCUT2D eigenvalue weighted by Gasteiger charge is -2.39. The summed E-state index contributed by atoms with van der Waals surface area (Å²) in [7, 11) is 0. The van der Waals surface area contributed by atoms with Crippen LogP contribution in [0.5, 0.6) is 0 Å². The predicted octanol–water partition coefficient (Wildman–Crippen LogP) is 1.04. The average molecular weight is 386 g/mol. The maximum Gasteiger partial charge on any atom is 0.255 e. The van der Waals surface area contributed by atoms with Crippen LogP contribution in [0.3, 0.4) is 0 Å².